The van der Waals surface area contributed by atoms with E-state index in [1.165, 1.54) is 12.1 Å². The molecule has 2 atom stereocenters. The number of benzene rings is 1. The molecular formula is C22H24FN3O5S. The summed E-state index contributed by atoms with van der Waals surface area (Å²) < 4.78 is 30.0. The summed E-state index contributed by atoms with van der Waals surface area (Å²) >= 11 is 1.08. The first-order valence-electron chi connectivity index (χ1n) is 10.0. The fraction of sp³-hybridized carbons (Fsp3) is 0.364. The second-order valence-electron chi connectivity index (χ2n) is 7.07. The lowest BCUT2D eigenvalue weighted by Crippen LogP contribution is -2.15. The number of halogens is 1. The molecule has 0 aliphatic carbocycles. The molecule has 2 unspecified atom stereocenters. The Bertz CT molecular complexity index is 1130. The Balaban J connectivity index is 1.69. The van der Waals surface area contributed by atoms with Crippen LogP contribution in [0.4, 0.5) is 4.39 Å². The van der Waals surface area contributed by atoms with E-state index in [0.29, 0.717) is 22.5 Å². The lowest BCUT2D eigenvalue weighted by atomic mass is 10.1. The number of para-hydroxylation sites is 1. The first-order chi connectivity index (χ1) is 15.2. The summed E-state index contributed by atoms with van der Waals surface area (Å²) in [6.45, 7) is 8.75. The van der Waals surface area contributed by atoms with E-state index >= 15 is 0 Å². The molecule has 1 N–H and O–H groups in total. The number of rotatable bonds is 9. The smallest absolute Gasteiger partial charge is 0.340 e. The van der Waals surface area contributed by atoms with E-state index in [1.807, 2.05) is 0 Å². The summed E-state index contributed by atoms with van der Waals surface area (Å²) in [5.74, 6) is -0.950. The molecule has 10 heteroatoms. The number of ether oxygens (including phenoxy) is 2. The number of aryl methyl sites for hydroxylation is 1. The largest absolute Gasteiger partial charge is 0.478 e. The monoisotopic (exact) mass is 461 g/mol. The van der Waals surface area contributed by atoms with Gasteiger partial charge in [-0.3, -0.25) is 4.79 Å². The molecule has 0 spiro atoms. The summed E-state index contributed by atoms with van der Waals surface area (Å²) in [6, 6.07) is 6.02. The summed E-state index contributed by atoms with van der Waals surface area (Å²) in [5.41, 5.74) is 1.81. The van der Waals surface area contributed by atoms with Crippen molar-refractivity contribution in [2.45, 2.75) is 51.2 Å². The number of aromatic amines is 1. The van der Waals surface area contributed by atoms with E-state index in [0.717, 1.165) is 11.8 Å². The fourth-order valence-corrected chi connectivity index (χ4v) is 3.88. The van der Waals surface area contributed by atoms with Crippen LogP contribution in [0.2, 0.25) is 0 Å². The molecule has 0 radical (unpaired) electrons. The Labute approximate surface area is 188 Å². The number of carbonyl (C=O) groups is 2. The highest BCUT2D eigenvalue weighted by Gasteiger charge is 2.28. The van der Waals surface area contributed by atoms with Gasteiger partial charge in [-0.2, -0.15) is 0 Å². The van der Waals surface area contributed by atoms with E-state index in [-0.39, 0.29) is 29.3 Å². The van der Waals surface area contributed by atoms with Gasteiger partial charge < -0.3 is 18.9 Å². The SMILES string of the molecule is CCOC(=O)c1c(C)[nH]c(C(=O)C(C)Sc2nnc(C(C)Oc3ccccc3F)o2)c1C. The van der Waals surface area contributed by atoms with Crippen molar-refractivity contribution in [2.24, 2.45) is 0 Å². The molecule has 2 aromatic heterocycles. The normalized spacial score (nSPS) is 12.9. The molecule has 170 valence electrons. The Morgan fingerprint density at radius 2 is 1.94 bits per heavy atom. The zero-order valence-electron chi connectivity index (χ0n) is 18.4. The van der Waals surface area contributed by atoms with E-state index in [2.05, 4.69) is 15.2 Å². The molecule has 0 amide bonds. The van der Waals surface area contributed by atoms with Gasteiger partial charge >= 0.3 is 5.97 Å². The molecular weight excluding hydrogens is 437 g/mol. The first kappa shape index (κ1) is 23.5. The van der Waals surface area contributed by atoms with Gasteiger partial charge in [0, 0.05) is 5.69 Å². The number of carbonyl (C=O) groups excluding carboxylic acids is 2. The predicted molar refractivity (Wildman–Crippen MR) is 116 cm³/mol. The van der Waals surface area contributed by atoms with E-state index in [4.69, 9.17) is 13.9 Å². The molecule has 32 heavy (non-hydrogen) atoms. The lowest BCUT2D eigenvalue weighted by Gasteiger charge is -2.11. The van der Waals surface area contributed by atoms with Crippen LogP contribution in [-0.2, 0) is 4.74 Å². The van der Waals surface area contributed by atoms with E-state index in [9.17, 15) is 14.0 Å². The van der Waals surface area contributed by atoms with Crippen molar-refractivity contribution in [1.82, 2.24) is 15.2 Å². The van der Waals surface area contributed by atoms with Gasteiger partial charge in [0.2, 0.25) is 0 Å². The summed E-state index contributed by atoms with van der Waals surface area (Å²) in [7, 11) is 0. The number of esters is 1. The van der Waals surface area contributed by atoms with Gasteiger partial charge in [-0.15, -0.1) is 10.2 Å². The quantitative estimate of drug-likeness (QED) is 0.274. The van der Waals surface area contributed by atoms with E-state index in [1.54, 1.807) is 46.8 Å². The van der Waals surface area contributed by atoms with Crippen LogP contribution in [0, 0.1) is 19.7 Å². The maximum Gasteiger partial charge on any atom is 0.340 e. The van der Waals surface area contributed by atoms with Crippen LogP contribution in [0.5, 0.6) is 5.75 Å². The Morgan fingerprint density at radius 1 is 1.22 bits per heavy atom. The van der Waals surface area contributed by atoms with Crippen molar-refractivity contribution in [1.29, 1.82) is 0 Å². The van der Waals surface area contributed by atoms with Crippen LogP contribution in [0.3, 0.4) is 0 Å². The maximum absolute atomic E-state index is 13.8. The zero-order valence-corrected chi connectivity index (χ0v) is 19.2. The molecule has 0 saturated heterocycles. The standard InChI is InChI=1S/C22H24FN3O5S/c1-6-29-21(28)17-11(2)18(24-12(17)3)19(27)14(5)32-22-26-25-20(31-22)13(4)30-16-10-8-7-9-15(16)23/h7-10,13-14,24H,6H2,1-5H3. The molecule has 0 fully saturated rings. The number of hydrogen-bond acceptors (Lipinski definition) is 8. The third-order valence-corrected chi connectivity index (χ3v) is 5.65. The molecule has 2 heterocycles. The number of thioether (sulfide) groups is 1. The second kappa shape index (κ2) is 9.99. The van der Waals surface area contributed by atoms with Gasteiger partial charge in [-0.25, -0.2) is 9.18 Å². The maximum atomic E-state index is 13.8. The summed E-state index contributed by atoms with van der Waals surface area (Å²) in [4.78, 5) is 28.1. The summed E-state index contributed by atoms with van der Waals surface area (Å²) in [5, 5.41) is 7.50. The van der Waals surface area contributed by atoms with Crippen LogP contribution in [-0.4, -0.2) is 38.8 Å². The summed E-state index contributed by atoms with van der Waals surface area (Å²) in [6.07, 6.45) is -0.680. The van der Waals surface area contributed by atoms with Gasteiger partial charge in [0.25, 0.3) is 11.1 Å². The highest BCUT2D eigenvalue weighted by Crippen LogP contribution is 2.30. The number of ketones is 1. The van der Waals surface area contributed by atoms with Crippen molar-refractivity contribution in [3.8, 4) is 5.75 Å². The molecule has 0 aliphatic rings. The fourth-order valence-electron chi connectivity index (χ4n) is 3.13. The number of nitrogens with one attached hydrogen (secondary N) is 1. The third-order valence-electron chi connectivity index (χ3n) is 4.72. The highest BCUT2D eigenvalue weighted by atomic mass is 32.2. The first-order valence-corrected chi connectivity index (χ1v) is 10.9. The van der Waals surface area contributed by atoms with Crippen molar-refractivity contribution in [3.63, 3.8) is 0 Å². The number of nitrogens with zero attached hydrogens (tertiary/aromatic N) is 2. The number of aromatic nitrogens is 3. The van der Waals surface area contributed by atoms with Gasteiger partial charge in [-0.1, -0.05) is 23.9 Å². The Morgan fingerprint density at radius 3 is 2.62 bits per heavy atom. The zero-order chi connectivity index (χ0) is 23.4. The minimum absolute atomic E-state index is 0.0749. The number of Topliss-reactive ketones (excluding diaryl/α,β-unsaturated/α-hetero) is 1. The topological polar surface area (TPSA) is 107 Å². The number of hydrogen-bond donors (Lipinski definition) is 1. The Kier molecular flexibility index (Phi) is 7.34. The van der Waals surface area contributed by atoms with Gasteiger partial charge in [0.05, 0.1) is 23.1 Å². The van der Waals surface area contributed by atoms with Crippen LogP contribution in [0.25, 0.3) is 0 Å². The van der Waals surface area contributed by atoms with Gasteiger partial charge in [-0.05, 0) is 52.3 Å². The average Bonchev–Trinajstić information content (AvgIpc) is 3.33. The Hall–Kier alpha value is -3.14. The minimum atomic E-state index is -0.680. The van der Waals surface area contributed by atoms with Crippen molar-refractivity contribution in [2.75, 3.05) is 6.61 Å². The molecule has 0 saturated carbocycles. The van der Waals surface area contributed by atoms with E-state index < -0.39 is 23.1 Å². The molecule has 1 aromatic carbocycles. The van der Waals surface area contributed by atoms with Crippen molar-refractivity contribution < 1.29 is 27.9 Å². The predicted octanol–water partition coefficient (Wildman–Crippen LogP) is 4.83. The molecule has 8 nitrogen and oxygen atoms in total. The third kappa shape index (κ3) is 5.01. The lowest BCUT2D eigenvalue weighted by molar-refractivity contribution is 0.0525. The average molecular weight is 462 g/mol. The van der Waals surface area contributed by atoms with Crippen LogP contribution in [0.15, 0.2) is 33.9 Å². The highest BCUT2D eigenvalue weighted by molar-refractivity contribution is 8.00. The molecule has 3 aromatic rings. The second-order valence-corrected chi connectivity index (χ2v) is 8.36. The van der Waals surface area contributed by atoms with Crippen LogP contribution >= 0.6 is 11.8 Å². The minimum Gasteiger partial charge on any atom is -0.478 e. The molecule has 0 bridgehead atoms. The molecule has 0 aliphatic heterocycles. The van der Waals surface area contributed by atoms with Crippen molar-refractivity contribution in [3.05, 3.63) is 58.5 Å². The van der Waals surface area contributed by atoms with Crippen molar-refractivity contribution >= 4 is 23.5 Å². The van der Waals surface area contributed by atoms with Gasteiger partial charge in [0.15, 0.2) is 23.5 Å². The number of H-pyrrole nitrogens is 1. The van der Waals surface area contributed by atoms with Crippen LogP contribution in [0.1, 0.15) is 64.9 Å². The van der Waals surface area contributed by atoms with Crippen LogP contribution < -0.4 is 4.74 Å². The molecule has 3 rings (SSSR count). The van der Waals surface area contributed by atoms with Gasteiger partial charge in [0.1, 0.15) is 0 Å².